The van der Waals surface area contributed by atoms with Crippen LogP contribution in [0.25, 0.3) is 38.8 Å². The van der Waals surface area contributed by atoms with E-state index in [9.17, 15) is 4.79 Å². The quantitative estimate of drug-likeness (QED) is 0.278. The molecule has 8 heteroatoms. The summed E-state index contributed by atoms with van der Waals surface area (Å²) in [6.45, 7) is 1.92. The smallest absolute Gasteiger partial charge is 0.234 e. The number of anilines is 1. The first-order valence-corrected chi connectivity index (χ1v) is 12.8. The molecule has 0 spiro atoms. The minimum Gasteiger partial charge on any atom is -0.325 e. The number of hydrogen-bond donors (Lipinski definition) is 1. The van der Waals surface area contributed by atoms with Crippen molar-refractivity contribution in [3.63, 3.8) is 0 Å². The summed E-state index contributed by atoms with van der Waals surface area (Å²) >= 11 is 1.35. The van der Waals surface area contributed by atoms with Crippen molar-refractivity contribution in [2.45, 2.75) is 12.1 Å². The first-order valence-electron chi connectivity index (χ1n) is 11.8. The van der Waals surface area contributed by atoms with Gasteiger partial charge in [0.2, 0.25) is 5.91 Å². The van der Waals surface area contributed by atoms with E-state index >= 15 is 0 Å². The Morgan fingerprint density at radius 2 is 1.65 bits per heavy atom. The number of pyridine rings is 2. The van der Waals surface area contributed by atoms with E-state index in [1.54, 1.807) is 12.4 Å². The highest BCUT2D eigenvalue weighted by atomic mass is 32.2. The van der Waals surface area contributed by atoms with Gasteiger partial charge in [-0.15, -0.1) is 10.2 Å². The van der Waals surface area contributed by atoms with Crippen molar-refractivity contribution in [2.75, 3.05) is 11.1 Å². The molecule has 0 fully saturated rings. The molecule has 0 aliphatic carbocycles. The Balaban J connectivity index is 1.34. The predicted octanol–water partition coefficient (Wildman–Crippen LogP) is 6.07. The van der Waals surface area contributed by atoms with Crippen molar-refractivity contribution < 1.29 is 4.79 Å². The van der Waals surface area contributed by atoms with Gasteiger partial charge in [-0.1, -0.05) is 66.4 Å². The largest absolute Gasteiger partial charge is 0.325 e. The zero-order chi connectivity index (χ0) is 25.2. The van der Waals surface area contributed by atoms with Gasteiger partial charge < -0.3 is 5.32 Å². The van der Waals surface area contributed by atoms with Gasteiger partial charge in [0, 0.05) is 34.4 Å². The van der Waals surface area contributed by atoms with E-state index < -0.39 is 0 Å². The lowest BCUT2D eigenvalue weighted by molar-refractivity contribution is -0.113. The monoisotopic (exact) mass is 502 g/mol. The van der Waals surface area contributed by atoms with Crippen LogP contribution in [0.2, 0.25) is 0 Å². The fourth-order valence-corrected chi connectivity index (χ4v) is 5.14. The van der Waals surface area contributed by atoms with Gasteiger partial charge in [0.05, 0.1) is 22.6 Å². The Bertz CT molecular complexity index is 1740. The molecule has 0 unspecified atom stereocenters. The SMILES string of the molecule is Cc1cc(NC(=O)CSc2nnc(-c3ccncc3)n2-c2cccc3ccccc23)c2ccccc2n1. The van der Waals surface area contributed by atoms with Crippen molar-refractivity contribution in [3.8, 4) is 17.1 Å². The summed E-state index contributed by atoms with van der Waals surface area (Å²) < 4.78 is 2.02. The number of carbonyl (C=O) groups is 1. The Hall–Kier alpha value is -4.56. The second-order valence-electron chi connectivity index (χ2n) is 8.54. The maximum absolute atomic E-state index is 13.1. The molecule has 7 nitrogen and oxygen atoms in total. The number of fused-ring (bicyclic) bond motifs is 2. The molecule has 1 amide bonds. The van der Waals surface area contributed by atoms with E-state index in [1.165, 1.54) is 11.8 Å². The lowest BCUT2D eigenvalue weighted by Gasteiger charge is -2.13. The number of rotatable bonds is 6. The normalized spacial score (nSPS) is 11.2. The Kier molecular flexibility index (Phi) is 6.08. The summed E-state index contributed by atoms with van der Waals surface area (Å²) in [6.07, 6.45) is 3.47. The van der Waals surface area contributed by atoms with Crippen molar-refractivity contribution in [1.82, 2.24) is 24.7 Å². The maximum atomic E-state index is 13.1. The number of benzene rings is 3. The first kappa shape index (κ1) is 22.9. The van der Waals surface area contributed by atoms with Crippen LogP contribution in [-0.4, -0.2) is 36.4 Å². The minimum absolute atomic E-state index is 0.126. The molecular formula is C29H22N6OS. The molecule has 3 aromatic heterocycles. The van der Waals surface area contributed by atoms with Crippen molar-refractivity contribution in [3.05, 3.63) is 103 Å². The van der Waals surface area contributed by atoms with E-state index in [0.29, 0.717) is 11.0 Å². The molecule has 0 bridgehead atoms. The number of aryl methyl sites for hydroxylation is 1. The zero-order valence-electron chi connectivity index (χ0n) is 20.0. The number of para-hydroxylation sites is 1. The fourth-order valence-electron chi connectivity index (χ4n) is 4.40. The molecule has 0 saturated heterocycles. The first-order chi connectivity index (χ1) is 18.2. The molecule has 0 aliphatic rings. The molecule has 3 heterocycles. The van der Waals surface area contributed by atoms with Crippen LogP contribution in [0.5, 0.6) is 0 Å². The highest BCUT2D eigenvalue weighted by Gasteiger charge is 2.19. The molecule has 1 N–H and O–H groups in total. The third-order valence-corrected chi connectivity index (χ3v) is 6.96. The maximum Gasteiger partial charge on any atom is 0.234 e. The topological polar surface area (TPSA) is 85.6 Å². The number of nitrogens with one attached hydrogen (secondary N) is 1. The summed E-state index contributed by atoms with van der Waals surface area (Å²) in [4.78, 5) is 21.8. The minimum atomic E-state index is -0.126. The average molecular weight is 503 g/mol. The Morgan fingerprint density at radius 1 is 0.892 bits per heavy atom. The predicted molar refractivity (Wildman–Crippen MR) is 148 cm³/mol. The van der Waals surface area contributed by atoms with Gasteiger partial charge in [-0.2, -0.15) is 0 Å². The van der Waals surface area contributed by atoms with Crippen LogP contribution in [0, 0.1) is 6.92 Å². The second kappa shape index (κ2) is 9.83. The molecule has 6 aromatic rings. The van der Waals surface area contributed by atoms with Gasteiger partial charge in [-0.05, 0) is 42.6 Å². The van der Waals surface area contributed by atoms with E-state index in [4.69, 9.17) is 0 Å². The number of thioether (sulfide) groups is 1. The third kappa shape index (κ3) is 4.54. The van der Waals surface area contributed by atoms with E-state index in [1.807, 2.05) is 78.2 Å². The number of nitrogens with zero attached hydrogens (tertiary/aromatic N) is 5. The molecule has 180 valence electrons. The Morgan fingerprint density at radius 3 is 2.51 bits per heavy atom. The van der Waals surface area contributed by atoms with Crippen LogP contribution in [-0.2, 0) is 4.79 Å². The van der Waals surface area contributed by atoms with Gasteiger partial charge in [-0.3, -0.25) is 19.3 Å². The third-order valence-electron chi connectivity index (χ3n) is 6.03. The van der Waals surface area contributed by atoms with Crippen molar-refractivity contribution >= 4 is 45.0 Å². The van der Waals surface area contributed by atoms with Crippen LogP contribution < -0.4 is 5.32 Å². The summed E-state index contributed by atoms with van der Waals surface area (Å²) in [6, 6.07) is 27.8. The molecule has 6 rings (SSSR count). The number of hydrogen-bond acceptors (Lipinski definition) is 6. The van der Waals surface area contributed by atoms with Gasteiger partial charge >= 0.3 is 0 Å². The summed E-state index contributed by atoms with van der Waals surface area (Å²) in [5.41, 5.74) is 4.29. The number of amides is 1. The fraction of sp³-hybridized carbons (Fsp3) is 0.0690. The average Bonchev–Trinajstić information content (AvgIpc) is 3.36. The summed E-state index contributed by atoms with van der Waals surface area (Å²) in [5.74, 6) is 0.741. The molecule has 0 saturated carbocycles. The Labute approximate surface area is 217 Å². The van der Waals surface area contributed by atoms with Gasteiger partial charge in [0.25, 0.3) is 0 Å². The lowest BCUT2D eigenvalue weighted by Crippen LogP contribution is -2.15. The van der Waals surface area contributed by atoms with E-state index in [2.05, 4.69) is 43.7 Å². The van der Waals surface area contributed by atoms with Crippen LogP contribution in [0.4, 0.5) is 5.69 Å². The second-order valence-corrected chi connectivity index (χ2v) is 9.48. The molecule has 0 atom stereocenters. The molecular weight excluding hydrogens is 480 g/mol. The van der Waals surface area contributed by atoms with Crippen LogP contribution in [0.15, 0.2) is 102 Å². The highest BCUT2D eigenvalue weighted by molar-refractivity contribution is 7.99. The highest BCUT2D eigenvalue weighted by Crippen LogP contribution is 2.32. The van der Waals surface area contributed by atoms with Gasteiger partial charge in [0.15, 0.2) is 11.0 Å². The summed E-state index contributed by atoms with van der Waals surface area (Å²) in [5, 5.41) is 15.8. The van der Waals surface area contributed by atoms with Gasteiger partial charge in [0.1, 0.15) is 0 Å². The number of aromatic nitrogens is 5. The number of carbonyl (C=O) groups excluding carboxylic acids is 1. The van der Waals surface area contributed by atoms with Gasteiger partial charge in [-0.25, -0.2) is 0 Å². The zero-order valence-corrected chi connectivity index (χ0v) is 20.8. The summed E-state index contributed by atoms with van der Waals surface area (Å²) in [7, 11) is 0. The standard InChI is InChI=1S/C29H22N6OS/c1-19-17-25(23-10-4-5-11-24(23)31-19)32-27(36)18-37-29-34-33-28(21-13-15-30-16-14-21)35(29)26-12-6-8-20-7-2-3-9-22(20)26/h2-17H,18H2,1H3,(H,31,32,36). The van der Waals surface area contributed by atoms with Crippen LogP contribution in [0.1, 0.15) is 5.69 Å². The molecule has 0 aliphatic heterocycles. The van der Waals surface area contributed by atoms with E-state index in [0.717, 1.165) is 44.3 Å². The molecule has 37 heavy (non-hydrogen) atoms. The van der Waals surface area contributed by atoms with Crippen molar-refractivity contribution in [2.24, 2.45) is 0 Å². The van der Waals surface area contributed by atoms with E-state index in [-0.39, 0.29) is 11.7 Å². The lowest BCUT2D eigenvalue weighted by atomic mass is 10.1. The van der Waals surface area contributed by atoms with Crippen LogP contribution >= 0.6 is 11.8 Å². The molecule has 3 aromatic carbocycles. The van der Waals surface area contributed by atoms with Crippen LogP contribution in [0.3, 0.4) is 0 Å². The molecule has 0 radical (unpaired) electrons. The van der Waals surface area contributed by atoms with Crippen molar-refractivity contribution in [1.29, 1.82) is 0 Å².